The molecule has 2 atom stereocenters. The summed E-state index contributed by atoms with van der Waals surface area (Å²) in [5, 5.41) is 9.89. The van der Waals surface area contributed by atoms with Crippen LogP contribution < -0.4 is 0 Å². The zero-order valence-electron chi connectivity index (χ0n) is 9.19. The molecule has 0 aromatic heterocycles. The molecule has 1 aliphatic rings. The molecule has 6 heteroatoms. The normalized spacial score (nSPS) is 29.7. The molecule has 0 spiro atoms. The van der Waals surface area contributed by atoms with Crippen LogP contribution in [0.5, 0.6) is 0 Å². The Kier molecular flexibility index (Phi) is 3.64. The molecule has 1 saturated carbocycles. The van der Waals surface area contributed by atoms with E-state index in [1.54, 1.807) is 0 Å². The van der Waals surface area contributed by atoms with Gasteiger partial charge in [-0.3, -0.25) is 9.59 Å². The first-order chi connectivity index (χ1) is 7.45. The Bertz CT molecular complexity index is 313. The zero-order chi connectivity index (χ0) is 12.3. The van der Waals surface area contributed by atoms with Crippen molar-refractivity contribution in [2.75, 3.05) is 14.2 Å². The monoisotopic (exact) mass is 230 g/mol. The summed E-state index contributed by atoms with van der Waals surface area (Å²) in [4.78, 5) is 34.1. The summed E-state index contributed by atoms with van der Waals surface area (Å²) in [7, 11) is 2.30. The largest absolute Gasteiger partial charge is 0.469 e. The molecule has 1 rings (SSSR count). The minimum Gasteiger partial charge on any atom is -0.469 e. The van der Waals surface area contributed by atoms with Crippen molar-refractivity contribution >= 4 is 17.7 Å². The molecule has 0 aliphatic heterocycles. The molecule has 0 radical (unpaired) electrons. The maximum Gasteiger partial charge on any atom is 0.345 e. The van der Waals surface area contributed by atoms with Crippen LogP contribution in [0.25, 0.3) is 0 Å². The summed E-state index contributed by atoms with van der Waals surface area (Å²) in [5.41, 5.74) is -2.20. The van der Waals surface area contributed by atoms with Gasteiger partial charge in [-0.2, -0.15) is 0 Å². The number of hydrogen-bond acceptors (Lipinski definition) is 6. The molecule has 16 heavy (non-hydrogen) atoms. The lowest BCUT2D eigenvalue weighted by Gasteiger charge is -2.31. The van der Waals surface area contributed by atoms with Gasteiger partial charge in [-0.25, -0.2) is 4.79 Å². The Morgan fingerprint density at radius 1 is 1.38 bits per heavy atom. The van der Waals surface area contributed by atoms with Crippen LogP contribution >= 0.6 is 0 Å². The van der Waals surface area contributed by atoms with Gasteiger partial charge in [0.05, 0.1) is 20.1 Å². The average molecular weight is 230 g/mol. The van der Waals surface area contributed by atoms with Gasteiger partial charge in [-0.15, -0.1) is 0 Å². The lowest BCUT2D eigenvalue weighted by molar-refractivity contribution is -0.175. The van der Waals surface area contributed by atoms with E-state index < -0.39 is 29.2 Å². The third-order valence-electron chi connectivity index (χ3n) is 2.78. The predicted molar refractivity (Wildman–Crippen MR) is 51.3 cm³/mol. The fraction of sp³-hybridized carbons (Fsp3) is 0.700. The molecule has 0 aromatic rings. The first-order valence-electron chi connectivity index (χ1n) is 4.87. The molecule has 90 valence electrons. The van der Waals surface area contributed by atoms with E-state index in [4.69, 9.17) is 0 Å². The summed E-state index contributed by atoms with van der Waals surface area (Å²) in [5.74, 6) is -2.81. The molecular weight excluding hydrogens is 216 g/mol. The number of methoxy groups -OCH3 is 2. The summed E-state index contributed by atoms with van der Waals surface area (Å²) in [6.07, 6.45) is -0.0264. The standard InChI is InChI=1S/C10H14O6/c1-15-8(12)6-3-4-7(11)10(14,5-6)9(13)16-2/h6,14H,3-5H2,1-2H3. The summed E-state index contributed by atoms with van der Waals surface area (Å²) >= 11 is 0. The van der Waals surface area contributed by atoms with Gasteiger partial charge in [0.25, 0.3) is 0 Å². The van der Waals surface area contributed by atoms with Crippen molar-refractivity contribution in [3.8, 4) is 0 Å². The van der Waals surface area contributed by atoms with Gasteiger partial charge in [0.2, 0.25) is 5.60 Å². The van der Waals surface area contributed by atoms with Crippen LogP contribution in [0.1, 0.15) is 19.3 Å². The number of aliphatic hydroxyl groups is 1. The van der Waals surface area contributed by atoms with Crippen molar-refractivity contribution in [2.24, 2.45) is 5.92 Å². The van der Waals surface area contributed by atoms with Crippen molar-refractivity contribution in [3.05, 3.63) is 0 Å². The average Bonchev–Trinajstić information content (AvgIpc) is 2.30. The van der Waals surface area contributed by atoms with Crippen LogP contribution in [0.2, 0.25) is 0 Å². The molecule has 0 aromatic carbocycles. The SMILES string of the molecule is COC(=O)C1CCC(=O)C(O)(C(=O)OC)C1. The van der Waals surface area contributed by atoms with Crippen LogP contribution in [0.4, 0.5) is 0 Å². The van der Waals surface area contributed by atoms with Gasteiger partial charge in [-0.1, -0.05) is 0 Å². The molecule has 1 fully saturated rings. The third kappa shape index (κ3) is 2.06. The van der Waals surface area contributed by atoms with E-state index in [1.165, 1.54) is 7.11 Å². The van der Waals surface area contributed by atoms with Crippen LogP contribution in [0.3, 0.4) is 0 Å². The highest BCUT2D eigenvalue weighted by Crippen LogP contribution is 2.31. The predicted octanol–water partition coefficient (Wildman–Crippen LogP) is -0.567. The van der Waals surface area contributed by atoms with Gasteiger partial charge in [0.15, 0.2) is 5.78 Å². The molecule has 0 saturated heterocycles. The number of rotatable bonds is 2. The molecular formula is C10H14O6. The summed E-state index contributed by atoms with van der Waals surface area (Å²) < 4.78 is 8.88. The van der Waals surface area contributed by atoms with E-state index in [0.717, 1.165) is 7.11 Å². The molecule has 2 unspecified atom stereocenters. The first-order valence-corrected chi connectivity index (χ1v) is 4.87. The van der Waals surface area contributed by atoms with Gasteiger partial charge in [-0.05, 0) is 6.42 Å². The third-order valence-corrected chi connectivity index (χ3v) is 2.78. The topological polar surface area (TPSA) is 89.9 Å². The van der Waals surface area contributed by atoms with Gasteiger partial charge in [0, 0.05) is 12.8 Å². The fourth-order valence-corrected chi connectivity index (χ4v) is 1.82. The minimum absolute atomic E-state index is 0.0363. The second kappa shape index (κ2) is 4.61. The van der Waals surface area contributed by atoms with Crippen molar-refractivity contribution in [3.63, 3.8) is 0 Å². The van der Waals surface area contributed by atoms with Crippen LogP contribution in [0.15, 0.2) is 0 Å². The van der Waals surface area contributed by atoms with Crippen molar-refractivity contribution in [1.82, 2.24) is 0 Å². The number of hydrogen-bond donors (Lipinski definition) is 1. The number of carbonyl (C=O) groups is 3. The zero-order valence-corrected chi connectivity index (χ0v) is 9.19. The van der Waals surface area contributed by atoms with Crippen molar-refractivity contribution in [2.45, 2.75) is 24.9 Å². The summed E-state index contributed by atoms with van der Waals surface area (Å²) in [6, 6.07) is 0. The molecule has 6 nitrogen and oxygen atoms in total. The maximum atomic E-state index is 11.5. The molecule has 0 bridgehead atoms. The van der Waals surface area contributed by atoms with E-state index in [1.807, 2.05) is 0 Å². The van der Waals surface area contributed by atoms with Gasteiger partial charge in [0.1, 0.15) is 0 Å². The number of ketones is 1. The van der Waals surface area contributed by atoms with Crippen LogP contribution in [-0.2, 0) is 23.9 Å². The highest BCUT2D eigenvalue weighted by molar-refractivity contribution is 6.08. The lowest BCUT2D eigenvalue weighted by atomic mass is 9.77. The fourth-order valence-electron chi connectivity index (χ4n) is 1.82. The van der Waals surface area contributed by atoms with E-state index in [9.17, 15) is 19.5 Å². The maximum absolute atomic E-state index is 11.5. The van der Waals surface area contributed by atoms with E-state index >= 15 is 0 Å². The van der Waals surface area contributed by atoms with Crippen LogP contribution in [0, 0.1) is 5.92 Å². The van der Waals surface area contributed by atoms with Gasteiger partial charge >= 0.3 is 11.9 Å². The minimum atomic E-state index is -2.20. The highest BCUT2D eigenvalue weighted by Gasteiger charge is 2.50. The smallest absolute Gasteiger partial charge is 0.345 e. The molecule has 0 heterocycles. The highest BCUT2D eigenvalue weighted by atomic mass is 16.5. The second-order valence-electron chi connectivity index (χ2n) is 3.74. The summed E-state index contributed by atoms with van der Waals surface area (Å²) in [6.45, 7) is 0. The Balaban J connectivity index is 2.87. The van der Waals surface area contributed by atoms with Crippen LogP contribution in [-0.4, -0.2) is 42.6 Å². The lowest BCUT2D eigenvalue weighted by Crippen LogP contribution is -2.52. The first kappa shape index (κ1) is 12.6. The number of Topliss-reactive ketones (excluding diaryl/α,β-unsaturated/α-hetero) is 1. The van der Waals surface area contributed by atoms with Crippen molar-refractivity contribution in [1.29, 1.82) is 0 Å². The number of ether oxygens (including phenoxy) is 2. The Hall–Kier alpha value is -1.43. The van der Waals surface area contributed by atoms with Gasteiger partial charge < -0.3 is 14.6 Å². The Morgan fingerprint density at radius 3 is 2.50 bits per heavy atom. The van der Waals surface area contributed by atoms with Crippen molar-refractivity contribution < 1.29 is 29.0 Å². The molecule has 0 amide bonds. The molecule has 1 N–H and O–H groups in total. The Labute approximate surface area is 92.5 Å². The number of carbonyl (C=O) groups excluding carboxylic acids is 3. The quantitative estimate of drug-likeness (QED) is 0.505. The second-order valence-corrected chi connectivity index (χ2v) is 3.74. The van der Waals surface area contributed by atoms with E-state index in [-0.39, 0.29) is 19.3 Å². The van der Waals surface area contributed by atoms with E-state index in [0.29, 0.717) is 0 Å². The molecule has 1 aliphatic carbocycles. The van der Waals surface area contributed by atoms with E-state index in [2.05, 4.69) is 9.47 Å². The number of esters is 2. The Morgan fingerprint density at radius 2 is 2.00 bits per heavy atom.